The van der Waals surface area contributed by atoms with E-state index in [2.05, 4.69) is 15.1 Å². The Morgan fingerprint density at radius 2 is 1.45 bits per heavy atom. The lowest BCUT2D eigenvalue weighted by atomic mass is 10.0. The van der Waals surface area contributed by atoms with Crippen LogP contribution in [0.5, 0.6) is 11.5 Å². The van der Waals surface area contributed by atoms with E-state index in [-0.39, 0.29) is 0 Å². The summed E-state index contributed by atoms with van der Waals surface area (Å²) in [5.74, 6) is 2.59. The summed E-state index contributed by atoms with van der Waals surface area (Å²) in [6.45, 7) is 0. The van der Waals surface area contributed by atoms with Gasteiger partial charge >= 0.3 is 0 Å². The third-order valence-corrected chi connectivity index (χ3v) is 5.99. The van der Waals surface area contributed by atoms with E-state index < -0.39 is 0 Å². The largest absolute Gasteiger partial charge is 0.497 e. The van der Waals surface area contributed by atoms with E-state index >= 15 is 0 Å². The van der Waals surface area contributed by atoms with Crippen molar-refractivity contribution in [1.82, 2.24) is 14.7 Å². The van der Waals surface area contributed by atoms with Crippen molar-refractivity contribution in [3.63, 3.8) is 0 Å². The molecule has 0 aliphatic carbocycles. The molecule has 154 valence electrons. The van der Waals surface area contributed by atoms with Crippen molar-refractivity contribution in [1.29, 1.82) is 0 Å². The van der Waals surface area contributed by atoms with Crippen LogP contribution in [-0.2, 0) is 0 Å². The maximum atomic E-state index is 5.62. The first-order valence-electron chi connectivity index (χ1n) is 9.64. The molecule has 3 heterocycles. The summed E-state index contributed by atoms with van der Waals surface area (Å²) in [6.07, 6.45) is 4.02. The van der Waals surface area contributed by atoms with Gasteiger partial charge in [-0.3, -0.25) is 0 Å². The van der Waals surface area contributed by atoms with Crippen LogP contribution >= 0.6 is 11.3 Å². The second-order valence-electron chi connectivity index (χ2n) is 6.80. The Kier molecular flexibility index (Phi) is 5.01. The van der Waals surface area contributed by atoms with Gasteiger partial charge < -0.3 is 18.6 Å². The van der Waals surface area contributed by atoms with Gasteiger partial charge in [-0.1, -0.05) is 17.3 Å². The Morgan fingerprint density at radius 1 is 0.839 bits per heavy atom. The van der Waals surface area contributed by atoms with Gasteiger partial charge in [0.1, 0.15) is 16.5 Å². The third kappa shape index (κ3) is 3.60. The van der Waals surface area contributed by atoms with Crippen LogP contribution in [-0.4, -0.2) is 28.9 Å². The monoisotopic (exact) mass is 429 g/mol. The average molecular weight is 430 g/mol. The number of hydrogen-bond acceptors (Lipinski definition) is 6. The highest BCUT2D eigenvalue weighted by molar-refractivity contribution is 7.13. The summed E-state index contributed by atoms with van der Waals surface area (Å²) in [5.41, 5.74) is 3.86. The lowest BCUT2D eigenvalue weighted by molar-refractivity contribution is 0.414. The van der Waals surface area contributed by atoms with Gasteiger partial charge in [-0.15, -0.1) is 11.3 Å². The number of nitrogens with zero attached hydrogens (tertiary/aromatic N) is 3. The summed E-state index contributed by atoms with van der Waals surface area (Å²) in [6, 6.07) is 19.5. The first kappa shape index (κ1) is 19.1. The molecular weight excluding hydrogens is 410 g/mol. The zero-order valence-corrected chi connectivity index (χ0v) is 17.8. The Bertz CT molecular complexity index is 1290. The minimum Gasteiger partial charge on any atom is -0.497 e. The number of aromatic nitrogens is 3. The predicted molar refractivity (Wildman–Crippen MR) is 121 cm³/mol. The Morgan fingerprint density at radius 3 is 2.06 bits per heavy atom. The molecule has 0 atom stereocenters. The lowest BCUT2D eigenvalue weighted by Gasteiger charge is -2.06. The highest BCUT2D eigenvalue weighted by atomic mass is 32.1. The van der Waals surface area contributed by atoms with E-state index in [9.17, 15) is 0 Å². The molecule has 0 saturated heterocycles. The van der Waals surface area contributed by atoms with Crippen molar-refractivity contribution in [3.8, 4) is 50.5 Å². The summed E-state index contributed by atoms with van der Waals surface area (Å²) in [4.78, 5) is 4.72. The van der Waals surface area contributed by atoms with Crippen molar-refractivity contribution in [2.75, 3.05) is 14.2 Å². The Labute approximate surface area is 183 Å². The highest BCUT2D eigenvalue weighted by Gasteiger charge is 2.22. The molecule has 7 heteroatoms. The molecule has 3 aromatic heterocycles. The quantitative estimate of drug-likeness (QED) is 0.334. The topological polar surface area (TPSA) is 62.3 Å². The molecule has 2 aromatic carbocycles. The lowest BCUT2D eigenvalue weighted by Crippen LogP contribution is -1.92. The number of ether oxygens (including phenoxy) is 2. The second-order valence-corrected chi connectivity index (χ2v) is 7.66. The molecule has 0 spiro atoms. The van der Waals surface area contributed by atoms with Crippen LogP contribution in [0.25, 0.3) is 39.0 Å². The number of thiophene rings is 1. The molecule has 0 unspecified atom stereocenters. The molecule has 0 fully saturated rings. The maximum absolute atomic E-state index is 5.62. The first-order valence-corrected chi connectivity index (χ1v) is 10.5. The number of rotatable bonds is 6. The SMILES string of the molecule is COc1ccc(-c2nc(-c3c(-c4ccc(OC)cc4)csc3-n3cccc3)no2)cc1. The van der Waals surface area contributed by atoms with Crippen LogP contribution in [0.3, 0.4) is 0 Å². The zero-order valence-electron chi connectivity index (χ0n) is 17.0. The van der Waals surface area contributed by atoms with Crippen molar-refractivity contribution in [2.45, 2.75) is 0 Å². The van der Waals surface area contributed by atoms with E-state index in [1.165, 1.54) is 0 Å². The molecule has 6 nitrogen and oxygen atoms in total. The van der Waals surface area contributed by atoms with Gasteiger partial charge in [0.15, 0.2) is 0 Å². The molecule has 0 saturated carbocycles. The molecule has 5 rings (SSSR count). The van der Waals surface area contributed by atoms with Crippen LogP contribution in [0.15, 0.2) is 83.0 Å². The summed E-state index contributed by atoms with van der Waals surface area (Å²) in [7, 11) is 3.30. The first-order chi connectivity index (χ1) is 15.3. The van der Waals surface area contributed by atoms with E-state index in [0.717, 1.165) is 38.8 Å². The van der Waals surface area contributed by atoms with Crippen LogP contribution in [0.4, 0.5) is 0 Å². The minimum absolute atomic E-state index is 0.461. The number of hydrogen-bond donors (Lipinski definition) is 0. The molecular formula is C24H19N3O3S. The van der Waals surface area contributed by atoms with E-state index in [0.29, 0.717) is 11.7 Å². The predicted octanol–water partition coefficient (Wildman–Crippen LogP) is 5.94. The van der Waals surface area contributed by atoms with Crippen molar-refractivity contribution in [3.05, 3.63) is 78.4 Å². The summed E-state index contributed by atoms with van der Waals surface area (Å²) >= 11 is 1.64. The van der Waals surface area contributed by atoms with E-state index in [4.69, 9.17) is 19.0 Å². The van der Waals surface area contributed by atoms with E-state index in [1.54, 1.807) is 25.6 Å². The van der Waals surface area contributed by atoms with Gasteiger partial charge in [-0.2, -0.15) is 4.98 Å². The molecule has 0 N–H and O–H groups in total. The summed E-state index contributed by atoms with van der Waals surface area (Å²) in [5, 5.41) is 7.47. The minimum atomic E-state index is 0.461. The van der Waals surface area contributed by atoms with E-state index in [1.807, 2.05) is 73.1 Å². The van der Waals surface area contributed by atoms with Gasteiger partial charge in [0, 0.05) is 28.9 Å². The van der Waals surface area contributed by atoms with Gasteiger partial charge in [0.05, 0.1) is 19.8 Å². The third-order valence-electron chi connectivity index (χ3n) is 5.00. The molecule has 0 aliphatic rings. The maximum Gasteiger partial charge on any atom is 0.258 e. The molecule has 0 radical (unpaired) electrons. The molecule has 0 bridgehead atoms. The Hall–Kier alpha value is -3.84. The zero-order chi connectivity index (χ0) is 21.2. The van der Waals surface area contributed by atoms with Crippen LogP contribution in [0.1, 0.15) is 0 Å². The normalized spacial score (nSPS) is 10.9. The number of benzene rings is 2. The second kappa shape index (κ2) is 8.12. The molecule has 5 aromatic rings. The highest BCUT2D eigenvalue weighted by Crippen LogP contribution is 2.41. The van der Waals surface area contributed by atoms with Crippen LogP contribution < -0.4 is 9.47 Å². The number of methoxy groups -OCH3 is 2. The summed E-state index contributed by atoms with van der Waals surface area (Å²) < 4.78 is 18.2. The van der Waals surface area contributed by atoms with Crippen LogP contribution in [0, 0.1) is 0 Å². The van der Waals surface area contributed by atoms with Gasteiger partial charge in [-0.05, 0) is 54.1 Å². The van der Waals surface area contributed by atoms with Gasteiger partial charge in [-0.25, -0.2) is 0 Å². The van der Waals surface area contributed by atoms with Gasteiger partial charge in [0.25, 0.3) is 5.89 Å². The molecule has 0 aliphatic heterocycles. The van der Waals surface area contributed by atoms with Crippen molar-refractivity contribution in [2.24, 2.45) is 0 Å². The van der Waals surface area contributed by atoms with Crippen LogP contribution in [0.2, 0.25) is 0 Å². The Balaban J connectivity index is 1.61. The fourth-order valence-corrected chi connectivity index (χ4v) is 4.43. The fourth-order valence-electron chi connectivity index (χ4n) is 3.38. The molecule has 0 amide bonds. The van der Waals surface area contributed by atoms with Crippen molar-refractivity contribution >= 4 is 11.3 Å². The fraction of sp³-hybridized carbons (Fsp3) is 0.0833. The van der Waals surface area contributed by atoms with Gasteiger partial charge in [0.2, 0.25) is 5.82 Å². The molecule has 31 heavy (non-hydrogen) atoms. The standard InChI is InChI=1S/C24H19N3O3S/c1-28-18-9-5-16(6-10-18)20-15-31-24(27-13-3-4-14-27)21(20)22-25-23(30-26-22)17-7-11-19(29-2)12-8-17/h3-15H,1-2H3. The smallest absolute Gasteiger partial charge is 0.258 e. The van der Waals surface area contributed by atoms with Crippen molar-refractivity contribution < 1.29 is 14.0 Å². The average Bonchev–Trinajstić information content (AvgIpc) is 3.59.